The van der Waals surface area contributed by atoms with Crippen molar-refractivity contribution in [1.29, 1.82) is 0 Å². The van der Waals surface area contributed by atoms with Crippen molar-refractivity contribution in [3.63, 3.8) is 0 Å². The summed E-state index contributed by atoms with van der Waals surface area (Å²) in [7, 11) is 0. The summed E-state index contributed by atoms with van der Waals surface area (Å²) in [6.45, 7) is 3.76. The SMILES string of the molecule is CCCN(CC(=O)Nc1ccc(Cl)cc1Cl)C(=O)Cc1c(C)nc(-c2cccnc2)[nH]c1=O. The van der Waals surface area contributed by atoms with E-state index in [9.17, 15) is 14.4 Å². The van der Waals surface area contributed by atoms with Crippen LogP contribution in [0.1, 0.15) is 24.6 Å². The Morgan fingerprint density at radius 3 is 2.64 bits per heavy atom. The molecule has 0 saturated heterocycles. The number of carbonyl (C=O) groups is 2. The zero-order chi connectivity index (χ0) is 24.0. The van der Waals surface area contributed by atoms with E-state index in [2.05, 4.69) is 20.3 Å². The lowest BCUT2D eigenvalue weighted by Crippen LogP contribution is -2.40. The van der Waals surface area contributed by atoms with E-state index in [4.69, 9.17) is 23.2 Å². The number of nitrogens with zero attached hydrogens (tertiary/aromatic N) is 3. The van der Waals surface area contributed by atoms with Crippen molar-refractivity contribution in [2.45, 2.75) is 26.7 Å². The van der Waals surface area contributed by atoms with E-state index in [1.54, 1.807) is 43.6 Å². The molecule has 2 aromatic heterocycles. The Hall–Kier alpha value is -3.23. The molecule has 3 aromatic rings. The zero-order valence-corrected chi connectivity index (χ0v) is 19.7. The molecule has 2 amide bonds. The molecule has 1 aromatic carbocycles. The number of halogens is 2. The van der Waals surface area contributed by atoms with Gasteiger partial charge < -0.3 is 15.2 Å². The van der Waals surface area contributed by atoms with Crippen LogP contribution in [-0.2, 0) is 16.0 Å². The van der Waals surface area contributed by atoms with Crippen molar-refractivity contribution >= 4 is 40.7 Å². The fourth-order valence-electron chi connectivity index (χ4n) is 3.24. The van der Waals surface area contributed by atoms with E-state index in [1.807, 2.05) is 6.92 Å². The molecule has 2 heterocycles. The van der Waals surface area contributed by atoms with Crippen molar-refractivity contribution in [2.24, 2.45) is 0 Å². The second kappa shape index (κ2) is 11.1. The standard InChI is InChI=1S/C23H23Cl2N5O3/c1-3-9-30(13-20(31)28-19-7-6-16(24)10-18(19)25)21(32)11-17-14(2)27-22(29-23(17)33)15-5-4-8-26-12-15/h4-8,10,12H,3,9,11,13H2,1-2H3,(H,28,31)(H,27,29,33). The van der Waals surface area contributed by atoms with E-state index < -0.39 is 11.5 Å². The normalized spacial score (nSPS) is 10.7. The van der Waals surface area contributed by atoms with Crippen LogP contribution < -0.4 is 10.9 Å². The van der Waals surface area contributed by atoms with Crippen LogP contribution in [-0.4, -0.2) is 44.8 Å². The molecule has 0 radical (unpaired) electrons. The van der Waals surface area contributed by atoms with Gasteiger partial charge in [-0.2, -0.15) is 0 Å². The van der Waals surface area contributed by atoms with Gasteiger partial charge in [0.2, 0.25) is 11.8 Å². The van der Waals surface area contributed by atoms with Gasteiger partial charge in [0.25, 0.3) is 5.56 Å². The molecular weight excluding hydrogens is 465 g/mol. The number of H-pyrrole nitrogens is 1. The van der Waals surface area contributed by atoms with Crippen LogP contribution in [0.4, 0.5) is 5.69 Å². The van der Waals surface area contributed by atoms with Gasteiger partial charge in [-0.15, -0.1) is 0 Å². The first kappa shape index (κ1) is 24.4. The second-order valence-electron chi connectivity index (χ2n) is 7.38. The van der Waals surface area contributed by atoms with E-state index in [1.165, 1.54) is 11.0 Å². The minimum absolute atomic E-state index is 0.170. The first-order valence-corrected chi connectivity index (χ1v) is 11.1. The van der Waals surface area contributed by atoms with Gasteiger partial charge in [-0.05, 0) is 43.7 Å². The Kier molecular flexibility index (Phi) is 8.19. The van der Waals surface area contributed by atoms with Gasteiger partial charge in [0.05, 0.1) is 23.7 Å². The van der Waals surface area contributed by atoms with Crippen LogP contribution in [0, 0.1) is 6.92 Å². The molecule has 0 aliphatic heterocycles. The Morgan fingerprint density at radius 1 is 1.21 bits per heavy atom. The molecule has 8 nitrogen and oxygen atoms in total. The molecule has 0 unspecified atom stereocenters. The first-order chi connectivity index (χ1) is 15.8. The summed E-state index contributed by atoms with van der Waals surface area (Å²) in [6.07, 6.45) is 3.70. The third kappa shape index (κ3) is 6.40. The summed E-state index contributed by atoms with van der Waals surface area (Å²) < 4.78 is 0. The van der Waals surface area contributed by atoms with Gasteiger partial charge in [-0.3, -0.25) is 19.4 Å². The van der Waals surface area contributed by atoms with Crippen molar-refractivity contribution in [1.82, 2.24) is 19.9 Å². The molecule has 10 heteroatoms. The number of benzene rings is 1. The average Bonchev–Trinajstić information content (AvgIpc) is 2.78. The molecule has 3 rings (SSSR count). The lowest BCUT2D eigenvalue weighted by atomic mass is 10.1. The van der Waals surface area contributed by atoms with Crippen LogP contribution >= 0.6 is 23.2 Å². The average molecular weight is 488 g/mol. The van der Waals surface area contributed by atoms with Gasteiger partial charge in [-0.1, -0.05) is 30.1 Å². The molecule has 0 aliphatic rings. The van der Waals surface area contributed by atoms with Gasteiger partial charge in [0, 0.05) is 40.8 Å². The summed E-state index contributed by atoms with van der Waals surface area (Å²) in [5.74, 6) is -0.373. The fourth-order valence-corrected chi connectivity index (χ4v) is 3.69. The molecule has 0 aliphatic carbocycles. The monoisotopic (exact) mass is 487 g/mol. The summed E-state index contributed by atoms with van der Waals surface area (Å²) in [6, 6.07) is 8.24. The topological polar surface area (TPSA) is 108 Å². The number of rotatable bonds is 8. The number of anilines is 1. The maximum atomic E-state index is 13.0. The van der Waals surface area contributed by atoms with Gasteiger partial charge in [0.1, 0.15) is 5.82 Å². The Balaban J connectivity index is 1.73. The lowest BCUT2D eigenvalue weighted by Gasteiger charge is -2.22. The Bertz CT molecular complexity index is 1210. The predicted octanol–water partition coefficient (Wildman–Crippen LogP) is 3.87. The van der Waals surface area contributed by atoms with Gasteiger partial charge >= 0.3 is 0 Å². The Morgan fingerprint density at radius 2 is 2.00 bits per heavy atom. The summed E-state index contributed by atoms with van der Waals surface area (Å²) in [5, 5.41) is 3.43. The Labute approximate surface area is 201 Å². The summed E-state index contributed by atoms with van der Waals surface area (Å²) in [4.78, 5) is 50.8. The number of pyridine rings is 1. The van der Waals surface area contributed by atoms with E-state index in [0.29, 0.717) is 45.8 Å². The highest BCUT2D eigenvalue weighted by molar-refractivity contribution is 6.36. The highest BCUT2D eigenvalue weighted by atomic mass is 35.5. The molecule has 0 fully saturated rings. The number of nitrogens with one attached hydrogen (secondary N) is 2. The maximum Gasteiger partial charge on any atom is 0.255 e. The van der Waals surface area contributed by atoms with Crippen LogP contribution in [0.15, 0.2) is 47.5 Å². The number of aryl methyl sites for hydroxylation is 1. The largest absolute Gasteiger partial charge is 0.333 e. The number of aromatic nitrogens is 3. The van der Waals surface area contributed by atoms with Crippen molar-refractivity contribution in [3.05, 3.63) is 74.4 Å². The number of carbonyl (C=O) groups excluding carboxylic acids is 2. The van der Waals surface area contributed by atoms with Crippen molar-refractivity contribution in [2.75, 3.05) is 18.4 Å². The zero-order valence-electron chi connectivity index (χ0n) is 18.2. The molecule has 172 valence electrons. The van der Waals surface area contributed by atoms with Gasteiger partial charge in [0.15, 0.2) is 0 Å². The highest BCUT2D eigenvalue weighted by Crippen LogP contribution is 2.25. The van der Waals surface area contributed by atoms with Crippen molar-refractivity contribution < 1.29 is 9.59 Å². The predicted molar refractivity (Wildman–Crippen MR) is 128 cm³/mol. The third-order valence-corrected chi connectivity index (χ3v) is 5.42. The van der Waals surface area contributed by atoms with E-state index in [-0.39, 0.29) is 24.4 Å². The number of aromatic amines is 1. The minimum Gasteiger partial charge on any atom is -0.333 e. The number of hydrogen-bond acceptors (Lipinski definition) is 5. The molecule has 0 bridgehead atoms. The third-order valence-electron chi connectivity index (χ3n) is 4.87. The smallest absolute Gasteiger partial charge is 0.255 e. The molecule has 33 heavy (non-hydrogen) atoms. The van der Waals surface area contributed by atoms with E-state index >= 15 is 0 Å². The van der Waals surface area contributed by atoms with Crippen LogP contribution in [0.2, 0.25) is 10.0 Å². The molecular formula is C23H23Cl2N5O3. The highest BCUT2D eigenvalue weighted by Gasteiger charge is 2.21. The minimum atomic E-state index is -0.406. The summed E-state index contributed by atoms with van der Waals surface area (Å²) in [5.41, 5.74) is 1.37. The lowest BCUT2D eigenvalue weighted by molar-refractivity contribution is -0.134. The quantitative estimate of drug-likeness (QED) is 0.501. The van der Waals surface area contributed by atoms with Crippen LogP contribution in [0.3, 0.4) is 0 Å². The summed E-state index contributed by atoms with van der Waals surface area (Å²) >= 11 is 12.0. The number of amides is 2. The number of hydrogen-bond donors (Lipinski definition) is 2. The van der Waals surface area contributed by atoms with Gasteiger partial charge in [-0.25, -0.2) is 4.98 Å². The molecule has 0 atom stereocenters. The fraction of sp³-hybridized carbons (Fsp3) is 0.261. The molecule has 0 saturated carbocycles. The molecule has 2 N–H and O–H groups in total. The van der Waals surface area contributed by atoms with Crippen LogP contribution in [0.25, 0.3) is 11.4 Å². The maximum absolute atomic E-state index is 13.0. The van der Waals surface area contributed by atoms with Crippen LogP contribution in [0.5, 0.6) is 0 Å². The van der Waals surface area contributed by atoms with Crippen molar-refractivity contribution in [3.8, 4) is 11.4 Å². The first-order valence-electron chi connectivity index (χ1n) is 10.3. The second-order valence-corrected chi connectivity index (χ2v) is 8.23. The van der Waals surface area contributed by atoms with E-state index in [0.717, 1.165) is 0 Å². The molecule has 0 spiro atoms.